The van der Waals surface area contributed by atoms with Crippen LogP contribution in [-0.4, -0.2) is 26.7 Å². The lowest BCUT2D eigenvalue weighted by molar-refractivity contribution is -0.116. The Balaban J connectivity index is 1.80. The van der Waals surface area contributed by atoms with E-state index >= 15 is 0 Å². The number of anilines is 1. The molecule has 0 radical (unpaired) electrons. The lowest BCUT2D eigenvalue weighted by atomic mass is 10.1. The highest BCUT2D eigenvalue weighted by Crippen LogP contribution is 2.28. The van der Waals surface area contributed by atoms with Crippen molar-refractivity contribution in [2.75, 3.05) is 26.1 Å². The number of hydrogen-bond acceptors (Lipinski definition) is 4. The van der Waals surface area contributed by atoms with E-state index in [0.717, 1.165) is 29.8 Å². The zero-order valence-electron chi connectivity index (χ0n) is 15.0. The van der Waals surface area contributed by atoms with E-state index in [9.17, 15) is 4.79 Å². The normalized spacial score (nSPS) is 10.2. The first-order valence-electron chi connectivity index (χ1n) is 8.40. The van der Waals surface area contributed by atoms with Crippen LogP contribution in [0, 0.1) is 0 Å². The topological polar surface area (TPSA) is 56.8 Å². The summed E-state index contributed by atoms with van der Waals surface area (Å²) in [6, 6.07) is 13.2. The molecule has 0 unspecified atom stereocenters. The van der Waals surface area contributed by atoms with Crippen LogP contribution in [0.3, 0.4) is 0 Å². The van der Waals surface area contributed by atoms with Crippen molar-refractivity contribution < 1.29 is 19.0 Å². The molecule has 2 rings (SSSR count). The lowest BCUT2D eigenvalue weighted by Gasteiger charge is -2.10. The number of hydrogen-bond donors (Lipinski definition) is 1. The summed E-state index contributed by atoms with van der Waals surface area (Å²) < 4.78 is 15.9. The molecule has 0 aliphatic rings. The summed E-state index contributed by atoms with van der Waals surface area (Å²) >= 11 is 0. The van der Waals surface area contributed by atoms with Crippen LogP contribution in [0.2, 0.25) is 0 Å². The van der Waals surface area contributed by atoms with Gasteiger partial charge in [-0.05, 0) is 61.7 Å². The summed E-state index contributed by atoms with van der Waals surface area (Å²) in [6.45, 7) is 2.57. The largest absolute Gasteiger partial charge is 0.494 e. The average Bonchev–Trinajstić information content (AvgIpc) is 2.63. The van der Waals surface area contributed by atoms with Gasteiger partial charge >= 0.3 is 0 Å². The summed E-state index contributed by atoms with van der Waals surface area (Å²) in [5.74, 6) is 2.22. The van der Waals surface area contributed by atoms with Crippen LogP contribution in [0.25, 0.3) is 0 Å². The van der Waals surface area contributed by atoms with Crippen LogP contribution < -0.4 is 19.5 Å². The first-order valence-corrected chi connectivity index (χ1v) is 8.40. The maximum Gasteiger partial charge on any atom is 0.224 e. The van der Waals surface area contributed by atoms with E-state index in [2.05, 4.69) is 5.32 Å². The fourth-order valence-electron chi connectivity index (χ4n) is 2.51. The maximum absolute atomic E-state index is 12.0. The zero-order valence-corrected chi connectivity index (χ0v) is 15.0. The standard InChI is InChI=1S/C20H25NO4/c1-4-25-17-11-9-16(10-12-17)21-20(22)7-5-6-15-8-13-18(23-2)19(14-15)24-3/h8-14H,4-7H2,1-3H3,(H,21,22). The first kappa shape index (κ1) is 18.6. The van der Waals surface area contributed by atoms with Gasteiger partial charge in [0.25, 0.3) is 0 Å². The van der Waals surface area contributed by atoms with Crippen LogP contribution in [-0.2, 0) is 11.2 Å². The molecule has 2 aromatic carbocycles. The fraction of sp³-hybridized carbons (Fsp3) is 0.350. The van der Waals surface area contributed by atoms with E-state index in [0.29, 0.717) is 24.5 Å². The second-order valence-corrected chi connectivity index (χ2v) is 5.55. The zero-order chi connectivity index (χ0) is 18.1. The molecule has 0 atom stereocenters. The van der Waals surface area contributed by atoms with Gasteiger partial charge in [-0.2, -0.15) is 0 Å². The highest BCUT2D eigenvalue weighted by molar-refractivity contribution is 5.90. The molecule has 0 heterocycles. The summed E-state index contributed by atoms with van der Waals surface area (Å²) in [6.07, 6.45) is 2.02. The molecule has 1 N–H and O–H groups in total. The van der Waals surface area contributed by atoms with Gasteiger partial charge in [0.1, 0.15) is 5.75 Å². The van der Waals surface area contributed by atoms with E-state index in [1.54, 1.807) is 14.2 Å². The Morgan fingerprint density at radius 2 is 1.72 bits per heavy atom. The second-order valence-electron chi connectivity index (χ2n) is 5.55. The molecular weight excluding hydrogens is 318 g/mol. The summed E-state index contributed by atoms with van der Waals surface area (Å²) in [4.78, 5) is 12.0. The van der Waals surface area contributed by atoms with Crippen LogP contribution in [0.15, 0.2) is 42.5 Å². The summed E-state index contributed by atoms with van der Waals surface area (Å²) in [5.41, 5.74) is 1.89. The van der Waals surface area contributed by atoms with E-state index in [4.69, 9.17) is 14.2 Å². The van der Waals surface area contributed by atoms with Gasteiger partial charge in [-0.15, -0.1) is 0 Å². The third kappa shape index (κ3) is 5.71. The molecule has 134 valence electrons. The van der Waals surface area contributed by atoms with Crippen molar-refractivity contribution in [2.45, 2.75) is 26.2 Å². The van der Waals surface area contributed by atoms with Crippen molar-refractivity contribution in [1.82, 2.24) is 0 Å². The van der Waals surface area contributed by atoms with Gasteiger partial charge in [0.05, 0.1) is 20.8 Å². The molecule has 1 amide bonds. The Morgan fingerprint density at radius 3 is 2.36 bits per heavy atom. The molecule has 25 heavy (non-hydrogen) atoms. The Kier molecular flexibility index (Phi) is 7.14. The van der Waals surface area contributed by atoms with Crippen molar-refractivity contribution >= 4 is 11.6 Å². The van der Waals surface area contributed by atoms with Crippen LogP contribution in [0.4, 0.5) is 5.69 Å². The number of carbonyl (C=O) groups excluding carboxylic acids is 1. The minimum Gasteiger partial charge on any atom is -0.494 e. The molecule has 2 aromatic rings. The van der Waals surface area contributed by atoms with Crippen LogP contribution >= 0.6 is 0 Å². The molecule has 5 heteroatoms. The van der Waals surface area contributed by atoms with E-state index in [1.165, 1.54) is 0 Å². The second kappa shape index (κ2) is 9.57. The SMILES string of the molecule is CCOc1ccc(NC(=O)CCCc2ccc(OC)c(OC)c2)cc1. The molecule has 0 spiro atoms. The molecule has 5 nitrogen and oxygen atoms in total. The number of rotatable bonds is 9. The maximum atomic E-state index is 12.0. The van der Waals surface area contributed by atoms with E-state index < -0.39 is 0 Å². The van der Waals surface area contributed by atoms with Crippen molar-refractivity contribution in [1.29, 1.82) is 0 Å². The predicted molar refractivity (Wildman–Crippen MR) is 98.7 cm³/mol. The molecule has 0 saturated heterocycles. The smallest absolute Gasteiger partial charge is 0.224 e. The third-order valence-corrected chi connectivity index (χ3v) is 3.77. The van der Waals surface area contributed by atoms with Crippen molar-refractivity contribution in [3.63, 3.8) is 0 Å². The van der Waals surface area contributed by atoms with Gasteiger partial charge in [0, 0.05) is 12.1 Å². The monoisotopic (exact) mass is 343 g/mol. The molecule has 0 aliphatic carbocycles. The molecule has 0 aliphatic heterocycles. The number of methoxy groups -OCH3 is 2. The quantitative estimate of drug-likeness (QED) is 0.746. The van der Waals surface area contributed by atoms with Crippen molar-refractivity contribution in [3.8, 4) is 17.2 Å². The van der Waals surface area contributed by atoms with Gasteiger partial charge in [-0.1, -0.05) is 6.07 Å². The van der Waals surface area contributed by atoms with Crippen LogP contribution in [0.5, 0.6) is 17.2 Å². The Hall–Kier alpha value is -2.69. The van der Waals surface area contributed by atoms with Crippen molar-refractivity contribution in [2.24, 2.45) is 0 Å². The van der Waals surface area contributed by atoms with Crippen molar-refractivity contribution in [3.05, 3.63) is 48.0 Å². The molecule has 0 fully saturated rings. The molecule has 0 bridgehead atoms. The average molecular weight is 343 g/mol. The summed E-state index contributed by atoms with van der Waals surface area (Å²) in [7, 11) is 3.23. The number of aryl methyl sites for hydroxylation is 1. The number of nitrogens with one attached hydrogen (secondary N) is 1. The predicted octanol–water partition coefficient (Wildman–Crippen LogP) is 4.06. The Labute approximate surface area is 148 Å². The number of benzene rings is 2. The minimum absolute atomic E-state index is 0.00429. The first-order chi connectivity index (χ1) is 12.2. The van der Waals surface area contributed by atoms with Crippen LogP contribution in [0.1, 0.15) is 25.3 Å². The van der Waals surface area contributed by atoms with Gasteiger partial charge in [0.15, 0.2) is 11.5 Å². The number of ether oxygens (including phenoxy) is 3. The number of carbonyl (C=O) groups is 1. The minimum atomic E-state index is 0.00429. The third-order valence-electron chi connectivity index (χ3n) is 3.77. The summed E-state index contributed by atoms with van der Waals surface area (Å²) in [5, 5.41) is 2.90. The molecule has 0 saturated carbocycles. The van der Waals surface area contributed by atoms with E-state index in [-0.39, 0.29) is 5.91 Å². The Bertz CT molecular complexity index is 683. The highest BCUT2D eigenvalue weighted by atomic mass is 16.5. The lowest BCUT2D eigenvalue weighted by Crippen LogP contribution is -2.11. The highest BCUT2D eigenvalue weighted by Gasteiger charge is 2.06. The van der Waals surface area contributed by atoms with Gasteiger partial charge < -0.3 is 19.5 Å². The molecular formula is C20H25NO4. The number of amides is 1. The Morgan fingerprint density at radius 1 is 1.00 bits per heavy atom. The molecule has 0 aromatic heterocycles. The fourth-order valence-corrected chi connectivity index (χ4v) is 2.51. The van der Waals surface area contributed by atoms with Gasteiger partial charge in [-0.3, -0.25) is 4.79 Å². The van der Waals surface area contributed by atoms with E-state index in [1.807, 2.05) is 49.4 Å². The van der Waals surface area contributed by atoms with Gasteiger partial charge in [0.2, 0.25) is 5.91 Å². The van der Waals surface area contributed by atoms with Gasteiger partial charge in [-0.25, -0.2) is 0 Å².